The fourth-order valence-corrected chi connectivity index (χ4v) is 4.09. The fraction of sp³-hybridized carbons (Fsp3) is 0.391. The second-order valence-electron chi connectivity index (χ2n) is 7.61. The lowest BCUT2D eigenvalue weighted by molar-refractivity contribution is -0.125. The van der Waals surface area contributed by atoms with Crippen molar-refractivity contribution in [2.45, 2.75) is 32.7 Å². The number of rotatable bonds is 6. The molecule has 6 nitrogen and oxygen atoms in total. The minimum absolute atomic E-state index is 0.0607. The van der Waals surface area contributed by atoms with Crippen LogP contribution in [0.2, 0.25) is 0 Å². The first kappa shape index (κ1) is 19.3. The molecule has 0 aliphatic carbocycles. The normalized spacial score (nSPS) is 15.0. The van der Waals surface area contributed by atoms with Gasteiger partial charge in [-0.2, -0.15) is 0 Å². The largest absolute Gasteiger partial charge is 0.508 e. The number of imidazole rings is 1. The summed E-state index contributed by atoms with van der Waals surface area (Å²) in [7, 11) is 0. The molecule has 4 rings (SSSR count). The van der Waals surface area contributed by atoms with Crippen molar-refractivity contribution >= 4 is 22.9 Å². The number of nitrogens with zero attached hydrogens (tertiary/aromatic N) is 3. The highest BCUT2D eigenvalue weighted by atomic mass is 16.3. The van der Waals surface area contributed by atoms with E-state index in [1.807, 2.05) is 18.2 Å². The molecule has 2 N–H and O–H groups in total. The number of aryl methyl sites for hydroxylation is 1. The predicted molar refractivity (Wildman–Crippen MR) is 115 cm³/mol. The SMILES string of the molecule is CCn1c(N2CCC(C(=O)NCCc3ccc(O)cc3)CC2)nc2ccccc21. The summed E-state index contributed by atoms with van der Waals surface area (Å²) in [4.78, 5) is 19.7. The van der Waals surface area contributed by atoms with Gasteiger partial charge in [0.25, 0.3) is 0 Å². The van der Waals surface area contributed by atoms with E-state index in [2.05, 4.69) is 39.9 Å². The minimum atomic E-state index is 0.0607. The number of fused-ring (bicyclic) bond motifs is 1. The van der Waals surface area contributed by atoms with Crippen molar-refractivity contribution in [3.63, 3.8) is 0 Å². The van der Waals surface area contributed by atoms with Crippen LogP contribution in [-0.2, 0) is 17.8 Å². The number of piperidine rings is 1. The number of nitrogens with one attached hydrogen (secondary N) is 1. The minimum Gasteiger partial charge on any atom is -0.508 e. The van der Waals surface area contributed by atoms with Gasteiger partial charge in [-0.1, -0.05) is 24.3 Å². The molecule has 0 bridgehead atoms. The lowest BCUT2D eigenvalue weighted by Gasteiger charge is -2.32. The molecule has 1 aliphatic heterocycles. The smallest absolute Gasteiger partial charge is 0.223 e. The maximum absolute atomic E-state index is 12.6. The Morgan fingerprint density at radius 3 is 2.59 bits per heavy atom. The van der Waals surface area contributed by atoms with Gasteiger partial charge in [-0.3, -0.25) is 4.79 Å². The molecule has 0 unspecified atom stereocenters. The van der Waals surface area contributed by atoms with Crippen LogP contribution in [-0.4, -0.2) is 40.2 Å². The van der Waals surface area contributed by atoms with Gasteiger partial charge in [0.05, 0.1) is 11.0 Å². The van der Waals surface area contributed by atoms with E-state index in [4.69, 9.17) is 4.98 Å². The van der Waals surface area contributed by atoms with E-state index in [0.29, 0.717) is 6.54 Å². The Hall–Kier alpha value is -3.02. The molecule has 0 radical (unpaired) electrons. The van der Waals surface area contributed by atoms with E-state index in [0.717, 1.165) is 55.9 Å². The molecular weight excluding hydrogens is 364 g/mol. The number of phenolic OH excluding ortho intramolecular Hbond substituents is 1. The second kappa shape index (κ2) is 8.55. The number of hydrogen-bond donors (Lipinski definition) is 2. The van der Waals surface area contributed by atoms with Crippen LogP contribution in [0, 0.1) is 5.92 Å². The zero-order chi connectivity index (χ0) is 20.2. The first-order valence-electron chi connectivity index (χ1n) is 10.4. The molecule has 1 aromatic heterocycles. The summed E-state index contributed by atoms with van der Waals surface area (Å²) >= 11 is 0. The van der Waals surface area contributed by atoms with Gasteiger partial charge in [-0.25, -0.2) is 4.98 Å². The molecule has 3 aromatic rings. The number of aromatic nitrogens is 2. The molecule has 0 spiro atoms. The van der Waals surface area contributed by atoms with Gasteiger partial charge in [-0.15, -0.1) is 0 Å². The number of anilines is 1. The Bertz CT molecular complexity index is 972. The lowest BCUT2D eigenvalue weighted by Crippen LogP contribution is -2.41. The molecule has 0 saturated carbocycles. The van der Waals surface area contributed by atoms with Crippen molar-refractivity contribution in [1.82, 2.24) is 14.9 Å². The van der Waals surface area contributed by atoms with Gasteiger partial charge in [0.1, 0.15) is 5.75 Å². The third-order valence-electron chi connectivity index (χ3n) is 5.75. The van der Waals surface area contributed by atoms with Gasteiger partial charge in [0.2, 0.25) is 11.9 Å². The molecule has 1 amide bonds. The molecule has 0 atom stereocenters. The first-order valence-corrected chi connectivity index (χ1v) is 10.4. The van der Waals surface area contributed by atoms with Crippen LogP contribution in [0.5, 0.6) is 5.75 Å². The highest BCUT2D eigenvalue weighted by molar-refractivity contribution is 5.80. The third kappa shape index (κ3) is 4.21. The average Bonchev–Trinajstić information content (AvgIpc) is 3.14. The zero-order valence-corrected chi connectivity index (χ0v) is 16.8. The first-order chi connectivity index (χ1) is 14.2. The van der Waals surface area contributed by atoms with Crippen molar-refractivity contribution in [3.05, 3.63) is 54.1 Å². The summed E-state index contributed by atoms with van der Waals surface area (Å²) in [6.07, 6.45) is 2.46. The van der Waals surface area contributed by atoms with Crippen LogP contribution in [0.4, 0.5) is 5.95 Å². The number of phenols is 1. The van der Waals surface area contributed by atoms with Crippen LogP contribution in [0.3, 0.4) is 0 Å². The maximum atomic E-state index is 12.6. The summed E-state index contributed by atoms with van der Waals surface area (Å²) in [6.45, 7) is 5.34. The summed E-state index contributed by atoms with van der Waals surface area (Å²) in [6, 6.07) is 15.4. The average molecular weight is 393 g/mol. The summed E-state index contributed by atoms with van der Waals surface area (Å²) in [5, 5.41) is 12.4. The number of aromatic hydroxyl groups is 1. The third-order valence-corrected chi connectivity index (χ3v) is 5.75. The molecule has 152 valence electrons. The Morgan fingerprint density at radius 2 is 1.86 bits per heavy atom. The molecule has 6 heteroatoms. The van der Waals surface area contributed by atoms with Crippen molar-refractivity contribution in [2.75, 3.05) is 24.5 Å². The van der Waals surface area contributed by atoms with Crippen LogP contribution in [0.25, 0.3) is 11.0 Å². The summed E-state index contributed by atoms with van der Waals surface area (Å²) < 4.78 is 2.26. The lowest BCUT2D eigenvalue weighted by atomic mass is 9.96. The van der Waals surface area contributed by atoms with Gasteiger partial charge < -0.3 is 19.9 Å². The van der Waals surface area contributed by atoms with Crippen LogP contribution >= 0.6 is 0 Å². The Labute approximate surface area is 171 Å². The molecule has 1 fully saturated rings. The Morgan fingerprint density at radius 1 is 1.14 bits per heavy atom. The van der Waals surface area contributed by atoms with Crippen molar-refractivity contribution in [1.29, 1.82) is 0 Å². The van der Waals surface area contributed by atoms with E-state index >= 15 is 0 Å². The van der Waals surface area contributed by atoms with Gasteiger partial charge in [-0.05, 0) is 56.0 Å². The van der Waals surface area contributed by atoms with E-state index < -0.39 is 0 Å². The number of hydrogen-bond acceptors (Lipinski definition) is 4. The number of carbonyl (C=O) groups is 1. The molecule has 1 saturated heterocycles. The number of amides is 1. The monoisotopic (exact) mass is 392 g/mol. The number of carbonyl (C=O) groups excluding carboxylic acids is 1. The molecule has 1 aliphatic rings. The Balaban J connectivity index is 1.31. The second-order valence-corrected chi connectivity index (χ2v) is 7.61. The maximum Gasteiger partial charge on any atom is 0.223 e. The topological polar surface area (TPSA) is 70.4 Å². The quantitative estimate of drug-likeness (QED) is 0.675. The van der Waals surface area contributed by atoms with E-state index in [1.165, 1.54) is 5.52 Å². The molecule has 29 heavy (non-hydrogen) atoms. The summed E-state index contributed by atoms with van der Waals surface area (Å²) in [5.41, 5.74) is 3.30. The van der Waals surface area contributed by atoms with Crippen LogP contribution in [0.15, 0.2) is 48.5 Å². The fourth-order valence-electron chi connectivity index (χ4n) is 4.09. The van der Waals surface area contributed by atoms with E-state index in [-0.39, 0.29) is 17.6 Å². The van der Waals surface area contributed by atoms with Crippen molar-refractivity contribution in [3.8, 4) is 5.75 Å². The van der Waals surface area contributed by atoms with Crippen molar-refractivity contribution < 1.29 is 9.90 Å². The molecule has 2 aromatic carbocycles. The predicted octanol–water partition coefficient (Wildman–Crippen LogP) is 3.34. The molecular formula is C23H28N4O2. The van der Waals surface area contributed by atoms with Gasteiger partial charge in [0.15, 0.2) is 0 Å². The Kier molecular flexibility index (Phi) is 5.69. The van der Waals surface area contributed by atoms with Crippen molar-refractivity contribution in [2.24, 2.45) is 5.92 Å². The van der Waals surface area contributed by atoms with Crippen LogP contribution in [0.1, 0.15) is 25.3 Å². The highest BCUT2D eigenvalue weighted by Gasteiger charge is 2.27. The summed E-state index contributed by atoms with van der Waals surface area (Å²) in [5.74, 6) is 1.49. The highest BCUT2D eigenvalue weighted by Crippen LogP contribution is 2.27. The standard InChI is InChI=1S/C23H28N4O2/c1-2-27-21-6-4-3-5-20(21)25-23(27)26-15-12-18(13-16-26)22(29)24-14-11-17-7-9-19(28)10-8-17/h3-10,18,28H,2,11-16H2,1H3,(H,24,29). The van der Waals surface area contributed by atoms with E-state index in [1.54, 1.807) is 12.1 Å². The van der Waals surface area contributed by atoms with E-state index in [9.17, 15) is 9.90 Å². The number of para-hydroxylation sites is 2. The van der Waals surface area contributed by atoms with Gasteiger partial charge >= 0.3 is 0 Å². The van der Waals surface area contributed by atoms with Gasteiger partial charge in [0, 0.05) is 32.1 Å². The van der Waals surface area contributed by atoms with Crippen LogP contribution < -0.4 is 10.2 Å². The number of benzene rings is 2. The molecule has 2 heterocycles. The zero-order valence-electron chi connectivity index (χ0n) is 16.8.